The smallest absolute Gasteiger partial charge is 0.207 e. The van der Waals surface area contributed by atoms with Crippen LogP contribution in [0.15, 0.2) is 97.6 Å². The van der Waals surface area contributed by atoms with Gasteiger partial charge < -0.3 is 9.47 Å². The highest BCUT2D eigenvalue weighted by Crippen LogP contribution is 2.45. The Morgan fingerprint density at radius 1 is 0.600 bits per heavy atom. The van der Waals surface area contributed by atoms with Gasteiger partial charge in [-0.2, -0.15) is 0 Å². The van der Waals surface area contributed by atoms with E-state index >= 15 is 0 Å². The zero-order valence-corrected chi connectivity index (χ0v) is 23.3. The van der Waals surface area contributed by atoms with Crippen LogP contribution < -0.4 is 20.3 Å². The van der Waals surface area contributed by atoms with E-state index < -0.39 is 0 Å². The van der Waals surface area contributed by atoms with Gasteiger partial charge in [-0.3, -0.25) is 9.97 Å². The van der Waals surface area contributed by atoms with Crippen molar-refractivity contribution in [1.29, 1.82) is 0 Å². The van der Waals surface area contributed by atoms with Crippen LogP contribution in [0.25, 0.3) is 43.4 Å². The highest BCUT2D eigenvalue weighted by Gasteiger charge is 2.23. The van der Waals surface area contributed by atoms with Crippen LogP contribution in [-0.4, -0.2) is 34.2 Å². The van der Waals surface area contributed by atoms with Crippen LogP contribution in [0.1, 0.15) is 0 Å². The van der Waals surface area contributed by atoms with Gasteiger partial charge in [0.2, 0.25) is 10.3 Å². The van der Waals surface area contributed by atoms with E-state index in [9.17, 15) is 0 Å². The molecule has 8 nitrogen and oxygen atoms in total. The second-order valence-corrected chi connectivity index (χ2v) is 10.6. The van der Waals surface area contributed by atoms with Gasteiger partial charge in [-0.05, 0) is 60.7 Å². The van der Waals surface area contributed by atoms with Crippen molar-refractivity contribution in [3.05, 3.63) is 97.6 Å². The first-order chi connectivity index (χ1) is 19.6. The number of pyridine rings is 2. The summed E-state index contributed by atoms with van der Waals surface area (Å²) in [6.07, 6.45) is 7.17. The highest BCUT2D eigenvalue weighted by molar-refractivity contribution is 7.21. The number of aromatic nitrogens is 4. The summed E-state index contributed by atoms with van der Waals surface area (Å²) in [7, 11) is 3.30. The summed E-state index contributed by atoms with van der Waals surface area (Å²) >= 11 is 2.98. The second kappa shape index (κ2) is 11.2. The first kappa shape index (κ1) is 25.6. The molecule has 4 aromatic heterocycles. The Labute approximate surface area is 239 Å². The monoisotopic (exact) mass is 564 g/mol. The molecule has 2 aromatic carbocycles. The molecule has 4 heterocycles. The molecular formula is C30H24N6O2S2. The number of hydrazine groups is 1. The lowest BCUT2D eigenvalue weighted by atomic mass is 10.1. The molecule has 10 heteroatoms. The SMILES string of the molecule is COc1ccc(-c2nc(N(N)c3nc(-c4ccc(OC)cc4)c(-c4cccnc4)s3)sc2-c2cccnc2)cc1. The molecule has 0 saturated heterocycles. The highest BCUT2D eigenvalue weighted by atomic mass is 32.1. The molecule has 0 aliphatic rings. The number of thiazole rings is 2. The van der Waals surface area contributed by atoms with Gasteiger partial charge >= 0.3 is 0 Å². The Balaban J connectivity index is 1.45. The first-order valence-corrected chi connectivity index (χ1v) is 13.9. The molecule has 40 heavy (non-hydrogen) atoms. The third-order valence-electron chi connectivity index (χ3n) is 6.22. The summed E-state index contributed by atoms with van der Waals surface area (Å²) in [5.74, 6) is 8.30. The van der Waals surface area contributed by atoms with Crippen molar-refractivity contribution >= 4 is 32.9 Å². The van der Waals surface area contributed by atoms with Gasteiger partial charge in [0.05, 0.1) is 35.4 Å². The Hall–Kier alpha value is -4.64. The third-order valence-corrected chi connectivity index (χ3v) is 8.43. The van der Waals surface area contributed by atoms with Crippen LogP contribution >= 0.6 is 22.7 Å². The number of nitrogens with two attached hydrogens (primary N) is 1. The number of benzene rings is 2. The third kappa shape index (κ3) is 5.03. The molecule has 0 saturated carbocycles. The van der Waals surface area contributed by atoms with E-state index in [0.717, 1.165) is 54.9 Å². The van der Waals surface area contributed by atoms with E-state index in [1.54, 1.807) is 31.6 Å². The van der Waals surface area contributed by atoms with Crippen LogP contribution in [0, 0.1) is 0 Å². The van der Waals surface area contributed by atoms with E-state index in [-0.39, 0.29) is 0 Å². The van der Waals surface area contributed by atoms with Crippen molar-refractivity contribution in [3.8, 4) is 54.9 Å². The molecular weight excluding hydrogens is 541 g/mol. The van der Waals surface area contributed by atoms with Gasteiger partial charge in [0.25, 0.3) is 0 Å². The lowest BCUT2D eigenvalue weighted by Crippen LogP contribution is -2.24. The summed E-state index contributed by atoms with van der Waals surface area (Å²) < 4.78 is 10.7. The van der Waals surface area contributed by atoms with Gasteiger partial charge in [0.1, 0.15) is 11.5 Å². The maximum absolute atomic E-state index is 6.74. The molecule has 0 fully saturated rings. The van der Waals surface area contributed by atoms with Gasteiger partial charge in [0, 0.05) is 47.0 Å². The molecule has 0 amide bonds. The number of nitrogens with zero attached hydrogens (tertiary/aromatic N) is 5. The van der Waals surface area contributed by atoms with Gasteiger partial charge in [-0.15, -0.1) is 0 Å². The van der Waals surface area contributed by atoms with E-state index in [1.165, 1.54) is 22.7 Å². The number of hydrogen-bond acceptors (Lipinski definition) is 10. The van der Waals surface area contributed by atoms with E-state index in [2.05, 4.69) is 9.97 Å². The maximum Gasteiger partial charge on any atom is 0.207 e. The van der Waals surface area contributed by atoms with Gasteiger partial charge in [0.15, 0.2) is 0 Å². The minimum absolute atomic E-state index is 0.609. The van der Waals surface area contributed by atoms with Crippen molar-refractivity contribution < 1.29 is 9.47 Å². The molecule has 0 spiro atoms. The van der Waals surface area contributed by atoms with Crippen LogP contribution in [-0.2, 0) is 0 Å². The van der Waals surface area contributed by atoms with Crippen molar-refractivity contribution in [2.45, 2.75) is 0 Å². The molecule has 0 atom stereocenters. The average molecular weight is 565 g/mol. The summed E-state index contributed by atoms with van der Waals surface area (Å²) in [5, 5.41) is 2.77. The summed E-state index contributed by atoms with van der Waals surface area (Å²) in [6.45, 7) is 0. The predicted molar refractivity (Wildman–Crippen MR) is 161 cm³/mol. The molecule has 0 bridgehead atoms. The Morgan fingerprint density at radius 3 is 1.38 bits per heavy atom. The van der Waals surface area contributed by atoms with Crippen molar-refractivity contribution in [3.63, 3.8) is 0 Å². The van der Waals surface area contributed by atoms with Crippen LogP contribution in [0.4, 0.5) is 10.3 Å². The molecule has 0 aliphatic heterocycles. The van der Waals surface area contributed by atoms with E-state index in [1.807, 2.05) is 85.2 Å². The predicted octanol–water partition coefficient (Wildman–Crippen LogP) is 7.09. The first-order valence-electron chi connectivity index (χ1n) is 12.3. The fourth-order valence-corrected chi connectivity index (χ4v) is 6.24. The molecule has 6 aromatic rings. The topological polar surface area (TPSA) is 99.3 Å². The quantitative estimate of drug-likeness (QED) is 0.155. The minimum Gasteiger partial charge on any atom is -0.497 e. The summed E-state index contributed by atoms with van der Waals surface area (Å²) in [5.41, 5.74) is 5.43. The Kier molecular flexibility index (Phi) is 7.19. The van der Waals surface area contributed by atoms with E-state index in [4.69, 9.17) is 25.3 Å². The van der Waals surface area contributed by atoms with Crippen molar-refractivity contribution in [2.75, 3.05) is 19.2 Å². The Bertz CT molecular complexity index is 1590. The fourth-order valence-electron chi connectivity index (χ4n) is 4.18. The second-order valence-electron chi connectivity index (χ2n) is 8.66. The molecule has 2 N–H and O–H groups in total. The normalized spacial score (nSPS) is 10.9. The molecule has 6 rings (SSSR count). The summed E-state index contributed by atoms with van der Waals surface area (Å²) in [4.78, 5) is 20.5. The fraction of sp³-hybridized carbons (Fsp3) is 0.0667. The largest absolute Gasteiger partial charge is 0.497 e. The zero-order chi connectivity index (χ0) is 27.5. The molecule has 0 aliphatic carbocycles. The van der Waals surface area contributed by atoms with Crippen LogP contribution in [0.3, 0.4) is 0 Å². The molecule has 0 unspecified atom stereocenters. The Morgan fingerprint density at radius 2 is 1.02 bits per heavy atom. The van der Waals surface area contributed by atoms with Crippen LogP contribution in [0.5, 0.6) is 11.5 Å². The lowest BCUT2D eigenvalue weighted by Gasteiger charge is -2.10. The average Bonchev–Trinajstić information content (AvgIpc) is 3.68. The van der Waals surface area contributed by atoms with E-state index in [0.29, 0.717) is 10.3 Å². The van der Waals surface area contributed by atoms with Crippen molar-refractivity contribution in [1.82, 2.24) is 19.9 Å². The minimum atomic E-state index is 0.609. The lowest BCUT2D eigenvalue weighted by molar-refractivity contribution is 0.415. The standard InChI is InChI=1S/C30H24N6O2S2/c1-37-23-11-7-19(8-12-23)25-27(21-5-3-15-32-17-21)39-29(34-25)36(31)30-35-26(20-9-13-24(38-2)14-10-20)28(40-30)22-6-4-16-33-18-22/h3-18H,31H2,1-2H3. The van der Waals surface area contributed by atoms with Gasteiger partial charge in [-0.25, -0.2) is 20.8 Å². The number of ether oxygens (including phenoxy) is 2. The maximum atomic E-state index is 6.74. The number of methoxy groups -OCH3 is 2. The van der Waals surface area contributed by atoms with Gasteiger partial charge in [-0.1, -0.05) is 34.8 Å². The summed E-state index contributed by atoms with van der Waals surface area (Å²) in [6, 6.07) is 23.5. The van der Waals surface area contributed by atoms with Crippen molar-refractivity contribution in [2.24, 2.45) is 5.84 Å². The number of hydrogen-bond donors (Lipinski definition) is 1. The number of rotatable bonds is 8. The molecule has 198 valence electrons. The zero-order valence-electron chi connectivity index (χ0n) is 21.7. The number of anilines is 2. The molecule has 0 radical (unpaired) electrons. The van der Waals surface area contributed by atoms with Crippen LogP contribution in [0.2, 0.25) is 0 Å².